The maximum absolute atomic E-state index is 12.4. The van der Waals surface area contributed by atoms with Gasteiger partial charge in [-0.2, -0.15) is 0 Å². The maximum Gasteiger partial charge on any atom is 0.311 e. The van der Waals surface area contributed by atoms with Gasteiger partial charge >= 0.3 is 5.69 Å². The number of aryl methyl sites for hydroxylation is 1. The van der Waals surface area contributed by atoms with E-state index in [2.05, 4.69) is 0 Å². The molecular formula is C19H21N3O5S. The standard InChI is InChI=1S/C19H21N3O5S/c1-2-14-5-6-16(15(12-14)22(25)26)27-13-18(23)20-7-9-21(10-8-20)19(24)17-4-3-11-28-17/h3-6,11-12H,2,7-10,13H2,1H3. The minimum absolute atomic E-state index is 0.0232. The molecule has 0 aliphatic carbocycles. The van der Waals surface area contributed by atoms with Crippen LogP contribution in [-0.4, -0.2) is 59.3 Å². The zero-order chi connectivity index (χ0) is 20.1. The molecule has 0 bridgehead atoms. The van der Waals surface area contributed by atoms with Crippen LogP contribution in [0.5, 0.6) is 5.75 Å². The summed E-state index contributed by atoms with van der Waals surface area (Å²) in [5.74, 6) is -0.191. The summed E-state index contributed by atoms with van der Waals surface area (Å²) in [5, 5.41) is 13.1. The lowest BCUT2D eigenvalue weighted by molar-refractivity contribution is -0.385. The van der Waals surface area contributed by atoms with Gasteiger partial charge in [-0.25, -0.2) is 0 Å². The minimum Gasteiger partial charge on any atom is -0.477 e. The van der Waals surface area contributed by atoms with Crippen molar-refractivity contribution < 1.29 is 19.2 Å². The van der Waals surface area contributed by atoms with Crippen molar-refractivity contribution in [1.29, 1.82) is 0 Å². The van der Waals surface area contributed by atoms with E-state index >= 15 is 0 Å². The second-order valence-electron chi connectivity index (χ2n) is 6.35. The van der Waals surface area contributed by atoms with Crippen LogP contribution in [0.1, 0.15) is 22.2 Å². The Balaban J connectivity index is 1.54. The van der Waals surface area contributed by atoms with Gasteiger partial charge in [0.05, 0.1) is 9.80 Å². The lowest BCUT2D eigenvalue weighted by Gasteiger charge is -2.34. The van der Waals surface area contributed by atoms with Gasteiger partial charge in [0, 0.05) is 32.2 Å². The van der Waals surface area contributed by atoms with Crippen LogP contribution in [0.3, 0.4) is 0 Å². The lowest BCUT2D eigenvalue weighted by Crippen LogP contribution is -2.51. The number of carbonyl (C=O) groups excluding carboxylic acids is 2. The number of hydrogen-bond acceptors (Lipinski definition) is 6. The van der Waals surface area contributed by atoms with Crippen LogP contribution in [0.2, 0.25) is 0 Å². The Labute approximate surface area is 166 Å². The molecule has 148 valence electrons. The van der Waals surface area contributed by atoms with Gasteiger partial charge in [-0.1, -0.05) is 19.1 Å². The van der Waals surface area contributed by atoms with Gasteiger partial charge in [-0.05, 0) is 29.5 Å². The molecule has 1 saturated heterocycles. The fourth-order valence-electron chi connectivity index (χ4n) is 2.99. The summed E-state index contributed by atoms with van der Waals surface area (Å²) in [5.41, 5.74) is 0.690. The van der Waals surface area contributed by atoms with Crippen LogP contribution in [0, 0.1) is 10.1 Å². The first kappa shape index (κ1) is 19.8. The minimum atomic E-state index is -0.506. The first-order valence-electron chi connectivity index (χ1n) is 9.00. The summed E-state index contributed by atoms with van der Waals surface area (Å²) in [7, 11) is 0. The summed E-state index contributed by atoms with van der Waals surface area (Å²) < 4.78 is 5.43. The van der Waals surface area contributed by atoms with E-state index in [-0.39, 0.29) is 29.9 Å². The van der Waals surface area contributed by atoms with Crippen molar-refractivity contribution in [3.05, 3.63) is 56.3 Å². The number of nitrogens with zero attached hydrogens (tertiary/aromatic N) is 3. The molecule has 1 aromatic carbocycles. The average molecular weight is 403 g/mol. The Bertz CT molecular complexity index is 860. The highest BCUT2D eigenvalue weighted by molar-refractivity contribution is 7.12. The van der Waals surface area contributed by atoms with Gasteiger partial charge in [0.25, 0.3) is 11.8 Å². The first-order chi connectivity index (χ1) is 13.5. The van der Waals surface area contributed by atoms with Gasteiger partial charge in [0.15, 0.2) is 12.4 Å². The van der Waals surface area contributed by atoms with Crippen LogP contribution in [-0.2, 0) is 11.2 Å². The number of piperazine rings is 1. The number of rotatable bonds is 6. The van der Waals surface area contributed by atoms with E-state index in [1.807, 2.05) is 18.4 Å². The number of nitro benzene ring substituents is 1. The normalized spacial score (nSPS) is 14.0. The van der Waals surface area contributed by atoms with Crippen LogP contribution >= 0.6 is 11.3 Å². The smallest absolute Gasteiger partial charge is 0.311 e. The van der Waals surface area contributed by atoms with Crippen molar-refractivity contribution in [2.45, 2.75) is 13.3 Å². The molecule has 1 aliphatic rings. The van der Waals surface area contributed by atoms with E-state index in [1.54, 1.807) is 21.9 Å². The van der Waals surface area contributed by atoms with E-state index in [9.17, 15) is 19.7 Å². The van der Waals surface area contributed by atoms with E-state index in [1.165, 1.54) is 23.5 Å². The van der Waals surface area contributed by atoms with Crippen LogP contribution in [0.4, 0.5) is 5.69 Å². The highest BCUT2D eigenvalue weighted by Gasteiger charge is 2.26. The lowest BCUT2D eigenvalue weighted by atomic mass is 10.1. The number of carbonyl (C=O) groups is 2. The van der Waals surface area contributed by atoms with Crippen LogP contribution < -0.4 is 4.74 Å². The van der Waals surface area contributed by atoms with Gasteiger partial charge in [-0.3, -0.25) is 19.7 Å². The molecule has 0 spiro atoms. The molecule has 1 fully saturated rings. The van der Waals surface area contributed by atoms with Crippen molar-refractivity contribution in [1.82, 2.24) is 9.80 Å². The summed E-state index contributed by atoms with van der Waals surface area (Å²) in [4.78, 5) is 39.5. The summed E-state index contributed by atoms with van der Waals surface area (Å²) in [6.07, 6.45) is 0.675. The predicted octanol–water partition coefficient (Wildman–Crippen LogP) is 2.58. The molecule has 28 heavy (non-hydrogen) atoms. The fourth-order valence-corrected chi connectivity index (χ4v) is 3.68. The molecule has 2 amide bonds. The Morgan fingerprint density at radius 3 is 2.50 bits per heavy atom. The van der Waals surface area contributed by atoms with Crippen molar-refractivity contribution in [3.8, 4) is 5.75 Å². The fraction of sp³-hybridized carbons (Fsp3) is 0.368. The van der Waals surface area contributed by atoms with Crippen LogP contribution in [0.15, 0.2) is 35.7 Å². The maximum atomic E-state index is 12.4. The van der Waals surface area contributed by atoms with Crippen LogP contribution in [0.25, 0.3) is 0 Å². The molecule has 0 atom stereocenters. The highest BCUT2D eigenvalue weighted by atomic mass is 32.1. The second-order valence-corrected chi connectivity index (χ2v) is 7.30. The highest BCUT2D eigenvalue weighted by Crippen LogP contribution is 2.28. The van der Waals surface area contributed by atoms with Gasteiger partial charge in [-0.15, -0.1) is 11.3 Å². The topological polar surface area (TPSA) is 93.0 Å². The molecule has 0 N–H and O–H groups in total. The van der Waals surface area contributed by atoms with E-state index < -0.39 is 4.92 Å². The monoisotopic (exact) mass is 403 g/mol. The Morgan fingerprint density at radius 1 is 1.18 bits per heavy atom. The third kappa shape index (κ3) is 4.48. The zero-order valence-corrected chi connectivity index (χ0v) is 16.3. The Kier molecular flexibility index (Phi) is 6.25. The largest absolute Gasteiger partial charge is 0.477 e. The first-order valence-corrected chi connectivity index (χ1v) is 9.88. The number of benzene rings is 1. The molecular weight excluding hydrogens is 382 g/mol. The quantitative estimate of drug-likeness (QED) is 0.546. The van der Waals surface area contributed by atoms with E-state index in [0.29, 0.717) is 37.5 Å². The summed E-state index contributed by atoms with van der Waals surface area (Å²) in [6, 6.07) is 8.37. The molecule has 1 aliphatic heterocycles. The Hall–Kier alpha value is -2.94. The van der Waals surface area contributed by atoms with Crippen molar-refractivity contribution in [3.63, 3.8) is 0 Å². The molecule has 3 rings (SSSR count). The van der Waals surface area contributed by atoms with E-state index in [4.69, 9.17) is 4.74 Å². The predicted molar refractivity (Wildman–Crippen MR) is 105 cm³/mol. The molecule has 0 radical (unpaired) electrons. The zero-order valence-electron chi connectivity index (χ0n) is 15.5. The second kappa shape index (κ2) is 8.83. The molecule has 9 heteroatoms. The van der Waals surface area contributed by atoms with Gasteiger partial charge < -0.3 is 14.5 Å². The van der Waals surface area contributed by atoms with Crippen molar-refractivity contribution in [2.24, 2.45) is 0 Å². The molecule has 2 aromatic rings. The molecule has 1 aromatic heterocycles. The van der Waals surface area contributed by atoms with Crippen molar-refractivity contribution >= 4 is 28.8 Å². The molecule has 2 heterocycles. The Morgan fingerprint density at radius 2 is 1.89 bits per heavy atom. The summed E-state index contributed by atoms with van der Waals surface area (Å²) >= 11 is 1.40. The SMILES string of the molecule is CCc1ccc(OCC(=O)N2CCN(C(=O)c3cccs3)CC2)c([N+](=O)[O-])c1. The molecule has 0 saturated carbocycles. The third-order valence-electron chi connectivity index (χ3n) is 4.63. The van der Waals surface area contributed by atoms with Gasteiger partial charge in [0.1, 0.15) is 0 Å². The number of nitro groups is 1. The van der Waals surface area contributed by atoms with Crippen molar-refractivity contribution in [2.75, 3.05) is 32.8 Å². The molecule has 8 nitrogen and oxygen atoms in total. The number of ether oxygens (including phenoxy) is 1. The number of amides is 2. The summed E-state index contributed by atoms with van der Waals surface area (Å²) in [6.45, 7) is 3.37. The number of thiophene rings is 1. The molecule has 0 unspecified atom stereocenters. The average Bonchev–Trinajstić information content (AvgIpc) is 3.26. The third-order valence-corrected chi connectivity index (χ3v) is 5.49. The van der Waals surface area contributed by atoms with E-state index in [0.717, 1.165) is 5.56 Å². The van der Waals surface area contributed by atoms with Gasteiger partial charge in [0.2, 0.25) is 0 Å². The number of hydrogen-bond donors (Lipinski definition) is 0.